The van der Waals surface area contributed by atoms with E-state index in [9.17, 15) is 0 Å². The second kappa shape index (κ2) is 16.3. The van der Waals surface area contributed by atoms with E-state index >= 15 is 0 Å². The van der Waals surface area contributed by atoms with Gasteiger partial charge in [-0.1, -0.05) is 0 Å². The molecule has 6 heteroatoms. The first-order valence-corrected chi connectivity index (χ1v) is 0.612. The van der Waals surface area contributed by atoms with Gasteiger partial charge in [0.15, 0.2) is 0 Å². The predicted octanol–water partition coefficient (Wildman–Crippen LogP) is -3.01. The van der Waals surface area contributed by atoms with Crippen LogP contribution in [0.1, 0.15) is 0 Å². The molecule has 0 aliphatic carbocycles. The molecule has 0 rings (SSSR count). The minimum atomic E-state index is -2.33. The molecule has 0 aromatic heterocycles. The van der Waals surface area contributed by atoms with Crippen molar-refractivity contribution in [2.75, 3.05) is 0 Å². The molecule has 4 radical (unpaired) electrons. The van der Waals surface area contributed by atoms with E-state index in [-0.39, 0.29) is 39.6 Å². The molecular formula is CHAlCoO4-. The van der Waals surface area contributed by atoms with E-state index in [1.165, 1.54) is 0 Å². The smallest absolute Gasteiger partial charge is 0.870 e. The topological polar surface area (TPSA) is 93.2 Å². The monoisotopic (exact) mass is 163 g/mol. The summed E-state index contributed by atoms with van der Waals surface area (Å²) in [7, 11) is 0. The van der Waals surface area contributed by atoms with Crippen LogP contribution in [-0.4, -0.2) is 29.0 Å². The van der Waals surface area contributed by atoms with Crippen LogP contribution >= 0.6 is 0 Å². The Morgan fingerprint density at radius 1 is 1.29 bits per heavy atom. The van der Waals surface area contributed by atoms with Gasteiger partial charge in [-0.3, -0.25) is 0 Å². The number of hydrogen-bond donors (Lipinski definition) is 0. The normalized spacial score (nSPS) is 3.43. The van der Waals surface area contributed by atoms with Gasteiger partial charge in [-0.25, -0.2) is 0 Å². The molecule has 0 heterocycles. The van der Waals surface area contributed by atoms with E-state index in [1.54, 1.807) is 0 Å². The molecule has 0 amide bonds. The van der Waals surface area contributed by atoms with Crippen LogP contribution in [-0.2, 0) is 16.8 Å². The summed E-state index contributed by atoms with van der Waals surface area (Å²) in [6.07, 6.45) is -2.33. The average molecular weight is 163 g/mol. The predicted molar refractivity (Wildman–Crippen MR) is 13.1 cm³/mol. The summed E-state index contributed by atoms with van der Waals surface area (Å²) in [6.45, 7) is 0. The van der Waals surface area contributed by atoms with E-state index < -0.39 is 6.16 Å². The van der Waals surface area contributed by atoms with E-state index in [0.717, 1.165) is 0 Å². The minimum Gasteiger partial charge on any atom is -0.870 e. The van der Waals surface area contributed by atoms with Crippen LogP contribution in [0.25, 0.3) is 0 Å². The van der Waals surface area contributed by atoms with Gasteiger partial charge in [0.05, 0.1) is 0 Å². The third-order valence-electron chi connectivity index (χ3n) is 0. The third-order valence-corrected chi connectivity index (χ3v) is 0. The molecule has 0 saturated heterocycles. The number of carbonyl (C=O) groups excluding carboxylic acids is 1. The quantitative estimate of drug-likeness (QED) is 0.355. The summed E-state index contributed by atoms with van der Waals surface area (Å²) in [5.74, 6) is 0. The first kappa shape index (κ1) is 26.7. The minimum absolute atomic E-state index is 0. The molecule has 42 valence electrons. The first-order valence-electron chi connectivity index (χ1n) is 0.612. The maximum atomic E-state index is 8.33. The van der Waals surface area contributed by atoms with Crippen molar-refractivity contribution in [3.63, 3.8) is 0 Å². The van der Waals surface area contributed by atoms with Crippen LogP contribution in [0.2, 0.25) is 0 Å². The number of rotatable bonds is 0. The number of carboxylic acid groups (broad SMARTS) is 2. The zero-order valence-corrected chi connectivity index (χ0v) is 5.28. The Kier molecular flexibility index (Phi) is 62.2. The van der Waals surface area contributed by atoms with Gasteiger partial charge in [-0.05, 0) is 6.16 Å². The number of hydrogen-bond acceptors (Lipinski definition) is 4. The van der Waals surface area contributed by atoms with Gasteiger partial charge in [0.1, 0.15) is 0 Å². The Morgan fingerprint density at radius 3 is 1.29 bits per heavy atom. The van der Waals surface area contributed by atoms with Gasteiger partial charge in [-0.15, -0.1) is 0 Å². The van der Waals surface area contributed by atoms with Crippen molar-refractivity contribution in [1.29, 1.82) is 0 Å². The van der Waals surface area contributed by atoms with E-state index in [4.69, 9.17) is 15.0 Å². The molecule has 7 heavy (non-hydrogen) atoms. The Bertz CT molecular complexity index is 34.7. The second-order valence-corrected chi connectivity index (χ2v) is 0.250. The van der Waals surface area contributed by atoms with Gasteiger partial charge in [-0.2, -0.15) is 0 Å². The van der Waals surface area contributed by atoms with Crippen LogP contribution in [0.4, 0.5) is 4.79 Å². The molecule has 0 spiro atoms. The molecule has 0 fully saturated rings. The fourth-order valence-corrected chi connectivity index (χ4v) is 0. The molecular weight excluding hydrogens is 162 g/mol. The van der Waals surface area contributed by atoms with Gasteiger partial charge < -0.3 is 20.5 Å². The molecule has 1 N–H and O–H groups in total. The molecule has 0 aromatic carbocycles. The van der Waals surface area contributed by atoms with Gasteiger partial charge in [0.25, 0.3) is 0 Å². The van der Waals surface area contributed by atoms with Gasteiger partial charge in [0, 0.05) is 17.4 Å². The summed E-state index contributed by atoms with van der Waals surface area (Å²) >= 11 is 0. The third kappa shape index (κ3) is 1580. The van der Waals surface area contributed by atoms with Crippen molar-refractivity contribution >= 4 is 23.5 Å². The molecule has 0 aliphatic rings. The fraction of sp³-hybridized carbons (Fsp3) is 0. The maximum Gasteiger partial charge on any atom is 2.00 e. The largest absolute Gasteiger partial charge is 2.00 e. The summed E-state index contributed by atoms with van der Waals surface area (Å²) in [6, 6.07) is 0. The summed E-state index contributed by atoms with van der Waals surface area (Å²) in [4.78, 5) is 8.33. The molecule has 0 unspecified atom stereocenters. The molecule has 0 atom stereocenters. The Morgan fingerprint density at radius 2 is 1.29 bits per heavy atom. The fourth-order valence-electron chi connectivity index (χ4n) is 0. The van der Waals surface area contributed by atoms with Gasteiger partial charge >= 0.3 is 16.8 Å². The second-order valence-electron chi connectivity index (χ2n) is 0.250. The molecule has 0 aromatic rings. The zero-order chi connectivity index (χ0) is 3.58. The molecule has 0 saturated carbocycles. The van der Waals surface area contributed by atoms with Crippen molar-refractivity contribution in [3.8, 4) is 0 Å². The van der Waals surface area contributed by atoms with Gasteiger partial charge in [0.2, 0.25) is 0 Å². The van der Waals surface area contributed by atoms with Crippen LogP contribution in [0.5, 0.6) is 0 Å². The standard InChI is InChI=1S/CH2O3.Al.Co.H2O/c2-1(3)4;;;/h(H2,2,3,4);;;1H2/q;;+2;/p-3. The molecule has 0 aliphatic heterocycles. The van der Waals surface area contributed by atoms with Crippen molar-refractivity contribution in [3.05, 3.63) is 0 Å². The van der Waals surface area contributed by atoms with E-state index in [1.807, 2.05) is 0 Å². The van der Waals surface area contributed by atoms with Crippen molar-refractivity contribution in [1.82, 2.24) is 0 Å². The van der Waals surface area contributed by atoms with Crippen LogP contribution in [0.3, 0.4) is 0 Å². The number of carbonyl (C=O) groups is 1. The van der Waals surface area contributed by atoms with Crippen molar-refractivity contribution in [2.24, 2.45) is 0 Å². The first-order chi connectivity index (χ1) is 1.73. The summed E-state index contributed by atoms with van der Waals surface area (Å²) in [5.41, 5.74) is 0. The summed E-state index contributed by atoms with van der Waals surface area (Å²) < 4.78 is 0. The van der Waals surface area contributed by atoms with Crippen LogP contribution < -0.4 is 10.2 Å². The van der Waals surface area contributed by atoms with Crippen LogP contribution in [0.15, 0.2) is 0 Å². The van der Waals surface area contributed by atoms with Crippen LogP contribution in [0, 0.1) is 0 Å². The van der Waals surface area contributed by atoms with Crippen molar-refractivity contribution in [2.45, 2.75) is 0 Å². The Balaban J connectivity index is -0.0000000150. The average Bonchev–Trinajstić information content (AvgIpc) is 0.811. The van der Waals surface area contributed by atoms with E-state index in [2.05, 4.69) is 0 Å². The molecule has 4 nitrogen and oxygen atoms in total. The SMILES string of the molecule is O=C([O-])[O-].[Al].[Co+2].[OH-]. The van der Waals surface area contributed by atoms with E-state index in [0.29, 0.717) is 0 Å². The Hall–Kier alpha value is 0.269. The summed E-state index contributed by atoms with van der Waals surface area (Å²) in [5, 5.41) is 16.7. The molecule has 0 bridgehead atoms. The maximum absolute atomic E-state index is 8.33. The van der Waals surface area contributed by atoms with Crippen molar-refractivity contribution < 1.29 is 37.3 Å². The zero-order valence-electron chi connectivity index (χ0n) is 3.08. The Labute approximate surface area is 61.2 Å².